The van der Waals surface area contributed by atoms with Crippen LogP contribution in [-0.4, -0.2) is 54.9 Å². The molecule has 0 aliphatic carbocycles. The van der Waals surface area contributed by atoms with Crippen molar-refractivity contribution in [1.82, 2.24) is 15.1 Å². The van der Waals surface area contributed by atoms with Gasteiger partial charge in [-0.1, -0.05) is 24.7 Å². The van der Waals surface area contributed by atoms with Gasteiger partial charge in [-0.05, 0) is 20.5 Å². The van der Waals surface area contributed by atoms with Crippen molar-refractivity contribution < 1.29 is 9.53 Å². The molecule has 0 spiro atoms. The maximum atomic E-state index is 11.6. The van der Waals surface area contributed by atoms with Crippen LogP contribution < -0.4 is 5.32 Å². The lowest BCUT2D eigenvalue weighted by Crippen LogP contribution is -2.23. The predicted octanol–water partition coefficient (Wildman–Crippen LogP) is 1.40. The Morgan fingerprint density at radius 2 is 2.21 bits per heavy atom. The molecule has 1 N–H and O–H groups in total. The van der Waals surface area contributed by atoms with Gasteiger partial charge in [0.05, 0.1) is 6.61 Å². The summed E-state index contributed by atoms with van der Waals surface area (Å²) >= 11 is 1.43. The highest BCUT2D eigenvalue weighted by molar-refractivity contribution is 7.15. The molecule has 1 rings (SSSR count). The largest absolute Gasteiger partial charge is 0.370 e. The third-order valence-electron chi connectivity index (χ3n) is 2.37. The molecule has 108 valence electrons. The molecule has 0 radical (unpaired) electrons. The quantitative estimate of drug-likeness (QED) is 0.695. The number of likely N-dealkylation sites (N-methyl/N-ethyl adjacent to an activating group) is 1. The summed E-state index contributed by atoms with van der Waals surface area (Å²) in [7, 11) is 3.92. The third kappa shape index (κ3) is 7.19. The highest BCUT2D eigenvalue weighted by Gasteiger charge is 2.08. The number of amides is 1. The summed E-state index contributed by atoms with van der Waals surface area (Å²) in [5, 5.41) is 12.2. The Balaban J connectivity index is 2.22. The van der Waals surface area contributed by atoms with E-state index in [1.165, 1.54) is 11.3 Å². The Bertz CT molecular complexity index is 382. The molecule has 0 aromatic carbocycles. The van der Waals surface area contributed by atoms with Crippen LogP contribution in [-0.2, 0) is 16.0 Å². The van der Waals surface area contributed by atoms with E-state index in [0.29, 0.717) is 11.7 Å². The molecule has 0 fully saturated rings. The summed E-state index contributed by atoms with van der Waals surface area (Å²) in [4.78, 5) is 13.6. The van der Waals surface area contributed by atoms with Gasteiger partial charge in [-0.15, -0.1) is 10.2 Å². The lowest BCUT2D eigenvalue weighted by atomic mass is 10.3. The summed E-state index contributed by atoms with van der Waals surface area (Å²) < 4.78 is 5.25. The van der Waals surface area contributed by atoms with Gasteiger partial charge in [0.2, 0.25) is 5.13 Å². The Kier molecular flexibility index (Phi) is 7.54. The summed E-state index contributed by atoms with van der Waals surface area (Å²) in [6.45, 7) is 3.53. The molecule has 0 aliphatic rings. The highest BCUT2D eigenvalue weighted by Crippen LogP contribution is 2.16. The maximum Gasteiger partial charge on any atom is 0.252 e. The van der Waals surface area contributed by atoms with E-state index in [4.69, 9.17) is 4.74 Å². The van der Waals surface area contributed by atoms with Crippen LogP contribution in [0.2, 0.25) is 0 Å². The molecule has 0 aliphatic heterocycles. The molecule has 0 bridgehead atoms. The van der Waals surface area contributed by atoms with Crippen LogP contribution in [0.1, 0.15) is 24.8 Å². The summed E-state index contributed by atoms with van der Waals surface area (Å²) in [5.74, 6) is -0.183. The molecule has 0 atom stereocenters. The van der Waals surface area contributed by atoms with Crippen LogP contribution in [0.4, 0.5) is 5.13 Å². The standard InChI is InChI=1S/C12H22N4O2S/c1-4-5-6-11-14-15-12(19-11)13-10(17)9-18-8-7-16(2)3/h4-9H2,1-3H3,(H,13,15,17). The van der Waals surface area contributed by atoms with Gasteiger partial charge in [0.15, 0.2) is 0 Å². The molecule has 1 aromatic rings. The van der Waals surface area contributed by atoms with Gasteiger partial charge < -0.3 is 9.64 Å². The molecule has 1 aromatic heterocycles. The average Bonchev–Trinajstić information content (AvgIpc) is 2.79. The minimum Gasteiger partial charge on any atom is -0.370 e. The van der Waals surface area contributed by atoms with Gasteiger partial charge in [-0.2, -0.15) is 0 Å². The van der Waals surface area contributed by atoms with E-state index in [-0.39, 0.29) is 12.5 Å². The number of nitrogens with zero attached hydrogens (tertiary/aromatic N) is 3. The lowest BCUT2D eigenvalue weighted by Gasteiger charge is -2.09. The van der Waals surface area contributed by atoms with E-state index < -0.39 is 0 Å². The minimum absolute atomic E-state index is 0.0533. The van der Waals surface area contributed by atoms with Crippen LogP contribution >= 0.6 is 11.3 Å². The van der Waals surface area contributed by atoms with Crippen LogP contribution in [0.3, 0.4) is 0 Å². The van der Waals surface area contributed by atoms with Crippen molar-refractivity contribution in [2.75, 3.05) is 39.2 Å². The van der Waals surface area contributed by atoms with Gasteiger partial charge in [0.1, 0.15) is 11.6 Å². The highest BCUT2D eigenvalue weighted by atomic mass is 32.1. The van der Waals surface area contributed by atoms with E-state index in [9.17, 15) is 4.79 Å². The maximum absolute atomic E-state index is 11.6. The minimum atomic E-state index is -0.183. The van der Waals surface area contributed by atoms with Crippen molar-refractivity contribution in [2.45, 2.75) is 26.2 Å². The molecular formula is C12H22N4O2S. The van der Waals surface area contributed by atoms with Gasteiger partial charge in [0.25, 0.3) is 5.91 Å². The molecular weight excluding hydrogens is 264 g/mol. The first-order chi connectivity index (χ1) is 9.11. The molecule has 0 unspecified atom stereocenters. The number of ether oxygens (including phenoxy) is 1. The molecule has 6 nitrogen and oxygen atoms in total. The smallest absolute Gasteiger partial charge is 0.252 e. The number of anilines is 1. The SMILES string of the molecule is CCCCc1nnc(NC(=O)COCCN(C)C)s1. The fraction of sp³-hybridized carbons (Fsp3) is 0.750. The van der Waals surface area contributed by atoms with Crippen molar-refractivity contribution >= 4 is 22.4 Å². The molecule has 1 amide bonds. The first kappa shape index (κ1) is 16.0. The zero-order valence-corrected chi connectivity index (χ0v) is 12.6. The zero-order valence-electron chi connectivity index (χ0n) is 11.8. The first-order valence-corrected chi connectivity index (χ1v) is 7.28. The number of aryl methyl sites for hydroxylation is 1. The number of hydrogen-bond donors (Lipinski definition) is 1. The monoisotopic (exact) mass is 286 g/mol. The summed E-state index contributed by atoms with van der Waals surface area (Å²) in [6, 6.07) is 0. The van der Waals surface area contributed by atoms with Crippen LogP contribution in [0.25, 0.3) is 0 Å². The average molecular weight is 286 g/mol. The van der Waals surface area contributed by atoms with E-state index in [1.807, 2.05) is 19.0 Å². The molecule has 19 heavy (non-hydrogen) atoms. The number of carbonyl (C=O) groups is 1. The van der Waals surface area contributed by atoms with Crippen LogP contribution in [0.5, 0.6) is 0 Å². The number of hydrogen-bond acceptors (Lipinski definition) is 6. The second-order valence-corrected chi connectivity index (χ2v) is 5.57. The fourth-order valence-electron chi connectivity index (χ4n) is 1.30. The Morgan fingerprint density at radius 3 is 2.89 bits per heavy atom. The van der Waals surface area contributed by atoms with Crippen LogP contribution in [0.15, 0.2) is 0 Å². The van der Waals surface area contributed by atoms with E-state index >= 15 is 0 Å². The van der Waals surface area contributed by atoms with Crippen LogP contribution in [0, 0.1) is 0 Å². The van der Waals surface area contributed by atoms with E-state index in [0.717, 1.165) is 30.8 Å². The van der Waals surface area contributed by atoms with Gasteiger partial charge in [-0.3, -0.25) is 10.1 Å². The lowest BCUT2D eigenvalue weighted by molar-refractivity contribution is -0.120. The van der Waals surface area contributed by atoms with Gasteiger partial charge >= 0.3 is 0 Å². The zero-order chi connectivity index (χ0) is 14.1. The summed E-state index contributed by atoms with van der Waals surface area (Å²) in [5.41, 5.74) is 0. The first-order valence-electron chi connectivity index (χ1n) is 6.46. The number of nitrogens with one attached hydrogen (secondary N) is 1. The second kappa shape index (κ2) is 8.95. The number of carbonyl (C=O) groups excluding carboxylic acids is 1. The van der Waals surface area contributed by atoms with E-state index in [2.05, 4.69) is 22.4 Å². The predicted molar refractivity (Wildman–Crippen MR) is 76.5 cm³/mol. The fourth-order valence-corrected chi connectivity index (χ4v) is 2.10. The van der Waals surface area contributed by atoms with Gasteiger partial charge in [-0.25, -0.2) is 0 Å². The summed E-state index contributed by atoms with van der Waals surface area (Å²) in [6.07, 6.45) is 3.14. The van der Waals surface area contributed by atoms with Crippen molar-refractivity contribution in [3.8, 4) is 0 Å². The molecule has 1 heterocycles. The van der Waals surface area contributed by atoms with Crippen molar-refractivity contribution in [2.24, 2.45) is 0 Å². The normalized spacial score (nSPS) is 10.9. The Labute approximate surface area is 118 Å². The third-order valence-corrected chi connectivity index (χ3v) is 3.27. The molecule has 0 saturated heterocycles. The topological polar surface area (TPSA) is 67.3 Å². The number of unbranched alkanes of at least 4 members (excludes halogenated alkanes) is 1. The molecule has 0 saturated carbocycles. The van der Waals surface area contributed by atoms with Crippen molar-refractivity contribution in [1.29, 1.82) is 0 Å². The second-order valence-electron chi connectivity index (χ2n) is 4.51. The van der Waals surface area contributed by atoms with Gasteiger partial charge in [0, 0.05) is 13.0 Å². The van der Waals surface area contributed by atoms with Crippen molar-refractivity contribution in [3.05, 3.63) is 5.01 Å². The Hall–Kier alpha value is -1.05. The van der Waals surface area contributed by atoms with E-state index in [1.54, 1.807) is 0 Å². The molecule has 7 heteroatoms. The number of rotatable bonds is 9. The number of aromatic nitrogens is 2. The Morgan fingerprint density at radius 1 is 1.42 bits per heavy atom. The van der Waals surface area contributed by atoms with Crippen molar-refractivity contribution in [3.63, 3.8) is 0 Å².